The third kappa shape index (κ3) is 5.63. The third-order valence-corrected chi connectivity index (χ3v) is 7.83. The van der Waals surface area contributed by atoms with E-state index in [0.29, 0.717) is 52.5 Å². The molecule has 1 aromatic heterocycles. The Hall–Kier alpha value is -2.62. The van der Waals surface area contributed by atoms with E-state index in [2.05, 4.69) is 10.3 Å². The fourth-order valence-electron chi connectivity index (χ4n) is 5.19. The fourth-order valence-corrected chi connectivity index (χ4v) is 5.59. The van der Waals surface area contributed by atoms with E-state index in [9.17, 15) is 9.59 Å². The minimum absolute atomic E-state index is 0.0919. The van der Waals surface area contributed by atoms with Gasteiger partial charge < -0.3 is 25.4 Å². The van der Waals surface area contributed by atoms with Gasteiger partial charge in [-0.25, -0.2) is 14.8 Å². The minimum atomic E-state index is -0.675. The third-order valence-electron chi connectivity index (χ3n) is 7.01. The summed E-state index contributed by atoms with van der Waals surface area (Å²) in [4.78, 5) is 36.3. The highest BCUT2D eigenvalue weighted by molar-refractivity contribution is 6.43. The van der Waals surface area contributed by atoms with Crippen molar-refractivity contribution in [1.82, 2.24) is 15.3 Å². The standard InChI is InChI=1S/C26H33Cl2N5O4/c1-14-18(16-7-6-8-17(27)19(16)28)20(22(29)34)31-23(30-14)33-11-9-26(10-12-33)13-36-15(2)21(26)32-24(35)37-25(3,4)5/h6-8,15,21H,9-13H2,1-5H3,(H2,29,34)(H,32,35)/t15-,21+/m0/s1. The summed E-state index contributed by atoms with van der Waals surface area (Å²) in [6, 6.07) is 5.00. The van der Waals surface area contributed by atoms with Gasteiger partial charge in [0.15, 0.2) is 0 Å². The maximum absolute atomic E-state index is 12.5. The smallest absolute Gasteiger partial charge is 0.407 e. The van der Waals surface area contributed by atoms with E-state index in [1.54, 1.807) is 25.1 Å². The van der Waals surface area contributed by atoms with Gasteiger partial charge in [0.25, 0.3) is 5.91 Å². The molecule has 2 aliphatic rings. The van der Waals surface area contributed by atoms with Gasteiger partial charge in [0.2, 0.25) is 5.95 Å². The van der Waals surface area contributed by atoms with Gasteiger partial charge in [-0.05, 0) is 53.5 Å². The summed E-state index contributed by atoms with van der Waals surface area (Å²) in [7, 11) is 0. The number of hydrogen-bond acceptors (Lipinski definition) is 7. The number of hydrogen-bond donors (Lipinski definition) is 2. The highest BCUT2D eigenvalue weighted by atomic mass is 35.5. The Kier molecular flexibility index (Phi) is 7.61. The van der Waals surface area contributed by atoms with Crippen molar-refractivity contribution in [3.05, 3.63) is 39.6 Å². The second-order valence-corrected chi connectivity index (χ2v) is 11.6. The summed E-state index contributed by atoms with van der Waals surface area (Å²) >= 11 is 12.6. The number of rotatable bonds is 4. The van der Waals surface area contributed by atoms with Crippen molar-refractivity contribution in [3.63, 3.8) is 0 Å². The molecule has 0 unspecified atom stereocenters. The molecule has 2 aliphatic heterocycles. The summed E-state index contributed by atoms with van der Waals surface area (Å²) in [5.41, 5.74) is 6.60. The molecule has 200 valence electrons. The van der Waals surface area contributed by atoms with Gasteiger partial charge in [0, 0.05) is 29.6 Å². The van der Waals surface area contributed by atoms with Crippen LogP contribution in [0.2, 0.25) is 10.0 Å². The largest absolute Gasteiger partial charge is 0.444 e. The van der Waals surface area contributed by atoms with E-state index in [0.717, 1.165) is 12.8 Å². The van der Waals surface area contributed by atoms with Crippen LogP contribution in [0.4, 0.5) is 10.7 Å². The van der Waals surface area contributed by atoms with Crippen LogP contribution < -0.4 is 16.0 Å². The second-order valence-electron chi connectivity index (χ2n) is 10.8. The van der Waals surface area contributed by atoms with Gasteiger partial charge in [-0.2, -0.15) is 0 Å². The average Bonchev–Trinajstić information content (AvgIpc) is 3.09. The number of ether oxygens (including phenoxy) is 2. The fraction of sp³-hybridized carbons (Fsp3) is 0.538. The van der Waals surface area contributed by atoms with Crippen molar-refractivity contribution in [1.29, 1.82) is 0 Å². The van der Waals surface area contributed by atoms with E-state index in [1.165, 1.54) is 0 Å². The van der Waals surface area contributed by atoms with E-state index in [1.807, 2.05) is 32.6 Å². The molecule has 4 rings (SSSR count). The second kappa shape index (κ2) is 10.3. The van der Waals surface area contributed by atoms with Crippen molar-refractivity contribution in [2.24, 2.45) is 11.1 Å². The number of nitrogens with one attached hydrogen (secondary N) is 1. The van der Waals surface area contributed by atoms with Crippen LogP contribution in [0.5, 0.6) is 0 Å². The molecule has 2 atom stereocenters. The first-order valence-electron chi connectivity index (χ1n) is 12.3. The molecule has 37 heavy (non-hydrogen) atoms. The molecule has 1 spiro atoms. The van der Waals surface area contributed by atoms with Crippen molar-refractivity contribution in [3.8, 4) is 11.1 Å². The number of halogens is 2. The first-order chi connectivity index (χ1) is 17.3. The molecule has 1 aromatic carbocycles. The van der Waals surface area contributed by atoms with Crippen molar-refractivity contribution < 1.29 is 19.1 Å². The lowest BCUT2D eigenvalue weighted by Gasteiger charge is -2.42. The highest BCUT2D eigenvalue weighted by Crippen LogP contribution is 2.43. The summed E-state index contributed by atoms with van der Waals surface area (Å²) in [5, 5.41) is 3.72. The van der Waals surface area contributed by atoms with Gasteiger partial charge in [-0.3, -0.25) is 4.79 Å². The molecule has 2 aromatic rings. The van der Waals surface area contributed by atoms with Gasteiger partial charge >= 0.3 is 6.09 Å². The van der Waals surface area contributed by atoms with Gasteiger partial charge in [-0.1, -0.05) is 35.3 Å². The predicted octanol–water partition coefficient (Wildman–Crippen LogP) is 4.76. The Morgan fingerprint density at radius 1 is 1.22 bits per heavy atom. The summed E-state index contributed by atoms with van der Waals surface area (Å²) in [6.07, 6.45) is 0.903. The normalized spacial score (nSPS) is 21.2. The minimum Gasteiger partial charge on any atom is -0.444 e. The number of nitrogens with zero attached hydrogens (tertiary/aromatic N) is 3. The summed E-state index contributed by atoms with van der Waals surface area (Å²) in [5.74, 6) is -0.252. The monoisotopic (exact) mass is 549 g/mol. The number of aryl methyl sites for hydroxylation is 1. The molecule has 0 radical (unpaired) electrons. The quantitative estimate of drug-likeness (QED) is 0.564. The number of aromatic nitrogens is 2. The van der Waals surface area contributed by atoms with Gasteiger partial charge in [0.05, 0.1) is 34.5 Å². The first-order valence-corrected chi connectivity index (χ1v) is 13.1. The maximum atomic E-state index is 12.5. The molecule has 0 aliphatic carbocycles. The number of piperidine rings is 1. The van der Waals surface area contributed by atoms with Crippen LogP contribution in [0.15, 0.2) is 18.2 Å². The topological polar surface area (TPSA) is 120 Å². The number of carbonyl (C=O) groups excluding carboxylic acids is 2. The van der Waals surface area contributed by atoms with Gasteiger partial charge in [-0.15, -0.1) is 0 Å². The van der Waals surface area contributed by atoms with Crippen LogP contribution in [-0.2, 0) is 9.47 Å². The van der Waals surface area contributed by atoms with Crippen LogP contribution in [0.25, 0.3) is 11.1 Å². The molecule has 2 amide bonds. The van der Waals surface area contributed by atoms with E-state index < -0.39 is 17.6 Å². The molecule has 3 N–H and O–H groups in total. The summed E-state index contributed by atoms with van der Waals surface area (Å²) in [6.45, 7) is 11.1. The van der Waals surface area contributed by atoms with Crippen LogP contribution >= 0.6 is 23.2 Å². The number of benzene rings is 1. The number of nitrogens with two attached hydrogens (primary N) is 1. The Bertz CT molecular complexity index is 1210. The highest BCUT2D eigenvalue weighted by Gasteiger charge is 2.50. The molecule has 11 heteroatoms. The van der Waals surface area contributed by atoms with Crippen LogP contribution in [-0.4, -0.2) is 59.4 Å². The lowest BCUT2D eigenvalue weighted by Crippen LogP contribution is -2.55. The molecule has 2 saturated heterocycles. The zero-order chi connectivity index (χ0) is 27.1. The Morgan fingerprint density at radius 2 is 1.89 bits per heavy atom. The zero-order valence-electron chi connectivity index (χ0n) is 21.7. The lowest BCUT2D eigenvalue weighted by atomic mass is 9.73. The van der Waals surface area contributed by atoms with E-state index >= 15 is 0 Å². The van der Waals surface area contributed by atoms with E-state index in [4.69, 9.17) is 43.4 Å². The molecule has 3 heterocycles. The molecular formula is C26H33Cl2N5O4. The average molecular weight is 550 g/mol. The SMILES string of the molecule is Cc1nc(N2CCC3(CC2)CO[C@@H](C)[C@H]3NC(=O)OC(C)(C)C)nc(C(N)=O)c1-c1cccc(Cl)c1Cl. The summed E-state index contributed by atoms with van der Waals surface area (Å²) < 4.78 is 11.5. The Balaban J connectivity index is 1.57. The number of amides is 2. The number of anilines is 1. The van der Waals surface area contributed by atoms with Crippen molar-refractivity contribution in [2.75, 3.05) is 24.6 Å². The molecular weight excluding hydrogens is 517 g/mol. The lowest BCUT2D eigenvalue weighted by molar-refractivity contribution is 0.0434. The molecule has 0 saturated carbocycles. The van der Waals surface area contributed by atoms with Crippen molar-refractivity contribution >= 4 is 41.2 Å². The number of primary amides is 1. The van der Waals surface area contributed by atoms with Gasteiger partial charge in [0.1, 0.15) is 11.3 Å². The predicted molar refractivity (Wildman–Crippen MR) is 143 cm³/mol. The first kappa shape index (κ1) is 27.4. The Morgan fingerprint density at radius 3 is 2.51 bits per heavy atom. The van der Waals surface area contributed by atoms with Crippen LogP contribution in [0.3, 0.4) is 0 Å². The zero-order valence-corrected chi connectivity index (χ0v) is 23.2. The number of alkyl carbamates (subject to hydrolysis) is 1. The van der Waals surface area contributed by atoms with Crippen LogP contribution in [0, 0.1) is 12.3 Å². The molecule has 2 fully saturated rings. The molecule has 0 bridgehead atoms. The van der Waals surface area contributed by atoms with Crippen molar-refractivity contribution in [2.45, 2.75) is 65.2 Å². The van der Waals surface area contributed by atoms with E-state index in [-0.39, 0.29) is 23.3 Å². The molecule has 9 nitrogen and oxygen atoms in total. The maximum Gasteiger partial charge on any atom is 0.407 e. The Labute approximate surface area is 227 Å². The number of carbonyl (C=O) groups is 2. The van der Waals surface area contributed by atoms with Crippen LogP contribution in [0.1, 0.15) is 56.7 Å².